The SMILES string of the molecule is CCN(CC)CCC1CC2CC1C1CCCC21. The molecule has 5 atom stereocenters. The third-order valence-corrected chi connectivity index (χ3v) is 6.28. The van der Waals surface area contributed by atoms with E-state index in [1.165, 1.54) is 32.0 Å². The van der Waals surface area contributed by atoms with Gasteiger partial charge in [-0.2, -0.15) is 0 Å². The van der Waals surface area contributed by atoms with Crippen molar-refractivity contribution in [2.75, 3.05) is 19.6 Å². The molecule has 3 fully saturated rings. The molecule has 98 valence electrons. The fraction of sp³-hybridized carbons (Fsp3) is 1.00. The van der Waals surface area contributed by atoms with Gasteiger partial charge in [-0.25, -0.2) is 0 Å². The minimum atomic E-state index is 1.10. The molecule has 0 aliphatic heterocycles. The van der Waals surface area contributed by atoms with E-state index < -0.39 is 0 Å². The van der Waals surface area contributed by atoms with Crippen molar-refractivity contribution in [3.63, 3.8) is 0 Å². The van der Waals surface area contributed by atoms with Gasteiger partial charge in [0.05, 0.1) is 0 Å². The van der Waals surface area contributed by atoms with Crippen LogP contribution in [0.2, 0.25) is 0 Å². The first-order valence-electron chi connectivity index (χ1n) is 8.05. The number of hydrogen-bond donors (Lipinski definition) is 0. The number of hydrogen-bond acceptors (Lipinski definition) is 1. The fourth-order valence-corrected chi connectivity index (χ4v) is 5.43. The minimum Gasteiger partial charge on any atom is -0.304 e. The predicted octanol–water partition coefficient (Wildman–Crippen LogP) is 3.79. The second kappa shape index (κ2) is 4.91. The molecule has 0 saturated heterocycles. The lowest BCUT2D eigenvalue weighted by atomic mass is 9.74. The first-order chi connectivity index (χ1) is 8.33. The van der Waals surface area contributed by atoms with Crippen molar-refractivity contribution in [3.8, 4) is 0 Å². The molecule has 3 rings (SSSR count). The van der Waals surface area contributed by atoms with Crippen LogP contribution in [0, 0.1) is 29.6 Å². The molecule has 5 unspecified atom stereocenters. The van der Waals surface area contributed by atoms with Crippen LogP contribution in [0.3, 0.4) is 0 Å². The van der Waals surface area contributed by atoms with Crippen LogP contribution in [-0.2, 0) is 0 Å². The molecule has 1 heteroatoms. The van der Waals surface area contributed by atoms with Gasteiger partial charge in [-0.05, 0) is 81.3 Å². The molecule has 0 N–H and O–H groups in total. The summed E-state index contributed by atoms with van der Waals surface area (Å²) in [5.74, 6) is 5.72. The average molecular weight is 235 g/mol. The largest absolute Gasteiger partial charge is 0.304 e. The standard InChI is InChI=1S/C16H29N/c1-3-17(4-2)9-8-12-10-13-11-16(12)15-7-5-6-14(13)15/h12-16H,3-11H2,1-2H3. The average Bonchev–Trinajstić information content (AvgIpc) is 3.02. The maximum atomic E-state index is 2.61. The van der Waals surface area contributed by atoms with Crippen LogP contribution >= 0.6 is 0 Å². The monoisotopic (exact) mass is 235 g/mol. The summed E-state index contributed by atoms with van der Waals surface area (Å²) in [5.41, 5.74) is 0. The van der Waals surface area contributed by atoms with Crippen LogP contribution in [-0.4, -0.2) is 24.5 Å². The lowest BCUT2D eigenvalue weighted by Gasteiger charge is -2.32. The molecule has 3 saturated carbocycles. The summed E-state index contributed by atoms with van der Waals surface area (Å²) in [6.45, 7) is 8.44. The molecular formula is C16H29N. The number of fused-ring (bicyclic) bond motifs is 5. The van der Waals surface area contributed by atoms with Crippen LogP contribution in [0.5, 0.6) is 0 Å². The molecule has 2 bridgehead atoms. The predicted molar refractivity (Wildman–Crippen MR) is 72.9 cm³/mol. The van der Waals surface area contributed by atoms with Gasteiger partial charge in [0.2, 0.25) is 0 Å². The highest BCUT2D eigenvalue weighted by atomic mass is 15.1. The Balaban J connectivity index is 1.53. The molecular weight excluding hydrogens is 206 g/mol. The van der Waals surface area contributed by atoms with E-state index in [4.69, 9.17) is 0 Å². The van der Waals surface area contributed by atoms with E-state index in [1.54, 1.807) is 32.1 Å². The molecule has 0 heterocycles. The minimum absolute atomic E-state index is 1.10. The lowest BCUT2D eigenvalue weighted by Crippen LogP contribution is -2.30. The first kappa shape index (κ1) is 12.0. The summed E-state index contributed by atoms with van der Waals surface area (Å²) in [4.78, 5) is 2.61. The zero-order valence-electron chi connectivity index (χ0n) is 11.7. The summed E-state index contributed by atoms with van der Waals surface area (Å²) in [7, 11) is 0. The third kappa shape index (κ3) is 2.05. The van der Waals surface area contributed by atoms with Crippen LogP contribution in [0.15, 0.2) is 0 Å². The van der Waals surface area contributed by atoms with Crippen molar-refractivity contribution in [2.45, 2.75) is 52.4 Å². The second-order valence-corrected chi connectivity index (χ2v) is 6.73. The lowest BCUT2D eigenvalue weighted by molar-refractivity contribution is 0.163. The third-order valence-electron chi connectivity index (χ3n) is 6.28. The molecule has 0 aromatic rings. The number of nitrogens with zero attached hydrogens (tertiary/aromatic N) is 1. The summed E-state index contributed by atoms with van der Waals surface area (Å²) in [6.07, 6.45) is 9.39. The van der Waals surface area contributed by atoms with Crippen molar-refractivity contribution >= 4 is 0 Å². The molecule has 0 spiro atoms. The van der Waals surface area contributed by atoms with E-state index in [9.17, 15) is 0 Å². The van der Waals surface area contributed by atoms with E-state index >= 15 is 0 Å². The van der Waals surface area contributed by atoms with Gasteiger partial charge < -0.3 is 4.90 Å². The quantitative estimate of drug-likeness (QED) is 0.701. The summed E-state index contributed by atoms with van der Waals surface area (Å²) >= 11 is 0. The van der Waals surface area contributed by atoms with Gasteiger partial charge in [0.25, 0.3) is 0 Å². The normalized spacial score (nSPS) is 43.6. The van der Waals surface area contributed by atoms with Crippen molar-refractivity contribution in [2.24, 2.45) is 29.6 Å². The van der Waals surface area contributed by atoms with E-state index in [0.717, 1.165) is 23.7 Å². The Bertz CT molecular complexity index is 258. The maximum absolute atomic E-state index is 2.61. The van der Waals surface area contributed by atoms with Gasteiger partial charge in [-0.15, -0.1) is 0 Å². The Kier molecular flexibility index (Phi) is 3.47. The molecule has 0 aromatic heterocycles. The van der Waals surface area contributed by atoms with Crippen LogP contribution in [0.1, 0.15) is 52.4 Å². The Morgan fingerprint density at radius 3 is 2.47 bits per heavy atom. The van der Waals surface area contributed by atoms with Gasteiger partial charge in [0, 0.05) is 0 Å². The van der Waals surface area contributed by atoms with Crippen molar-refractivity contribution in [1.82, 2.24) is 4.90 Å². The molecule has 3 aliphatic rings. The van der Waals surface area contributed by atoms with Gasteiger partial charge in [-0.3, -0.25) is 0 Å². The van der Waals surface area contributed by atoms with Crippen LogP contribution < -0.4 is 0 Å². The van der Waals surface area contributed by atoms with Crippen LogP contribution in [0.4, 0.5) is 0 Å². The molecule has 17 heavy (non-hydrogen) atoms. The Labute approximate surface area is 107 Å². The van der Waals surface area contributed by atoms with Crippen molar-refractivity contribution < 1.29 is 0 Å². The van der Waals surface area contributed by atoms with Gasteiger partial charge in [0.15, 0.2) is 0 Å². The fourth-order valence-electron chi connectivity index (χ4n) is 5.43. The smallest absolute Gasteiger partial charge is 0.00162 e. The Hall–Kier alpha value is -0.0400. The molecule has 0 amide bonds. The van der Waals surface area contributed by atoms with Gasteiger partial charge in [-0.1, -0.05) is 20.3 Å². The highest BCUT2D eigenvalue weighted by molar-refractivity contribution is 5.02. The molecule has 0 radical (unpaired) electrons. The summed E-state index contributed by atoms with van der Waals surface area (Å²) in [6, 6.07) is 0. The second-order valence-electron chi connectivity index (χ2n) is 6.73. The summed E-state index contributed by atoms with van der Waals surface area (Å²) < 4.78 is 0. The van der Waals surface area contributed by atoms with Gasteiger partial charge in [0.1, 0.15) is 0 Å². The zero-order chi connectivity index (χ0) is 11.8. The van der Waals surface area contributed by atoms with E-state index in [2.05, 4.69) is 18.7 Å². The molecule has 0 aromatic carbocycles. The molecule has 3 aliphatic carbocycles. The van der Waals surface area contributed by atoms with E-state index in [1.807, 2.05) is 0 Å². The van der Waals surface area contributed by atoms with Crippen molar-refractivity contribution in [1.29, 1.82) is 0 Å². The number of rotatable bonds is 5. The Morgan fingerprint density at radius 1 is 0.941 bits per heavy atom. The van der Waals surface area contributed by atoms with E-state index in [-0.39, 0.29) is 0 Å². The van der Waals surface area contributed by atoms with Crippen molar-refractivity contribution in [3.05, 3.63) is 0 Å². The first-order valence-corrected chi connectivity index (χ1v) is 8.05. The van der Waals surface area contributed by atoms with Gasteiger partial charge >= 0.3 is 0 Å². The van der Waals surface area contributed by atoms with E-state index in [0.29, 0.717) is 0 Å². The Morgan fingerprint density at radius 2 is 1.71 bits per heavy atom. The highest BCUT2D eigenvalue weighted by Crippen LogP contribution is 2.61. The topological polar surface area (TPSA) is 3.24 Å². The zero-order valence-corrected chi connectivity index (χ0v) is 11.7. The van der Waals surface area contributed by atoms with Crippen LogP contribution in [0.25, 0.3) is 0 Å². The highest BCUT2D eigenvalue weighted by Gasteiger charge is 2.53. The molecule has 1 nitrogen and oxygen atoms in total. The maximum Gasteiger partial charge on any atom is -0.00162 e. The summed E-state index contributed by atoms with van der Waals surface area (Å²) in [5, 5.41) is 0.